The highest BCUT2D eigenvalue weighted by Crippen LogP contribution is 2.32. The predicted molar refractivity (Wildman–Crippen MR) is 87.3 cm³/mol. The number of aromatic carboxylic acids is 1. The quantitative estimate of drug-likeness (QED) is 0.860. The van der Waals surface area contributed by atoms with Gasteiger partial charge in [0.15, 0.2) is 0 Å². The van der Waals surface area contributed by atoms with Crippen LogP contribution in [0.5, 0.6) is 5.75 Å². The summed E-state index contributed by atoms with van der Waals surface area (Å²) in [6, 6.07) is 2.67. The molecule has 2 aromatic rings. The molecule has 2 heterocycles. The van der Waals surface area contributed by atoms with Gasteiger partial charge in [-0.05, 0) is 19.1 Å². The lowest BCUT2D eigenvalue weighted by molar-refractivity contribution is 0.000175. The van der Waals surface area contributed by atoms with E-state index in [1.54, 1.807) is 6.20 Å². The average molecular weight is 352 g/mol. The first kappa shape index (κ1) is 16.8. The van der Waals surface area contributed by atoms with Crippen LogP contribution in [0.15, 0.2) is 18.3 Å². The van der Waals surface area contributed by atoms with Crippen LogP contribution in [0.4, 0.5) is 4.39 Å². The Morgan fingerprint density at radius 2 is 2.42 bits per heavy atom. The lowest BCUT2D eigenvalue weighted by atomic mass is 10.1. The number of halogens is 1. The fourth-order valence-corrected chi connectivity index (χ4v) is 3.16. The van der Waals surface area contributed by atoms with Gasteiger partial charge in [-0.3, -0.25) is 0 Å². The van der Waals surface area contributed by atoms with Gasteiger partial charge >= 0.3 is 5.97 Å². The van der Waals surface area contributed by atoms with Crippen LogP contribution in [0.1, 0.15) is 15.2 Å². The van der Waals surface area contributed by atoms with Crippen molar-refractivity contribution in [3.8, 4) is 16.3 Å². The van der Waals surface area contributed by atoms with Gasteiger partial charge in [0.1, 0.15) is 29.3 Å². The molecule has 0 aliphatic carbocycles. The molecule has 1 aromatic carbocycles. The summed E-state index contributed by atoms with van der Waals surface area (Å²) in [6.45, 7) is 4.16. The van der Waals surface area contributed by atoms with Crippen molar-refractivity contribution < 1.29 is 23.8 Å². The summed E-state index contributed by atoms with van der Waals surface area (Å²) in [5, 5.41) is 12.8. The molecule has 8 heteroatoms. The van der Waals surface area contributed by atoms with E-state index in [9.17, 15) is 14.3 Å². The Bertz CT molecular complexity index is 744. The van der Waals surface area contributed by atoms with E-state index in [-0.39, 0.29) is 24.0 Å². The second-order valence-corrected chi connectivity index (χ2v) is 6.66. The minimum atomic E-state index is -1.34. The summed E-state index contributed by atoms with van der Waals surface area (Å²) < 4.78 is 25.7. The number of aryl methyl sites for hydroxylation is 1. The number of rotatable bonds is 5. The van der Waals surface area contributed by atoms with Crippen LogP contribution in [0.2, 0.25) is 0 Å². The van der Waals surface area contributed by atoms with Gasteiger partial charge in [-0.25, -0.2) is 14.2 Å². The molecule has 0 saturated carbocycles. The summed E-state index contributed by atoms with van der Waals surface area (Å²) in [4.78, 5) is 16.4. The zero-order chi connectivity index (χ0) is 17.1. The molecule has 1 fully saturated rings. The van der Waals surface area contributed by atoms with E-state index in [2.05, 4.69) is 10.3 Å². The summed E-state index contributed by atoms with van der Waals surface area (Å²) >= 11 is 1.30. The van der Waals surface area contributed by atoms with E-state index in [0.29, 0.717) is 18.2 Å². The number of carbonyl (C=O) groups is 1. The average Bonchev–Trinajstić information content (AvgIpc) is 3.00. The Balaban J connectivity index is 1.88. The number of thiazole rings is 1. The largest absolute Gasteiger partial charge is 0.491 e. The zero-order valence-corrected chi connectivity index (χ0v) is 13.9. The number of hydrogen-bond acceptors (Lipinski definition) is 6. The normalized spacial score (nSPS) is 17.7. The molecule has 0 spiro atoms. The van der Waals surface area contributed by atoms with Crippen molar-refractivity contribution >= 4 is 17.3 Å². The smallest absolute Gasteiger partial charge is 0.338 e. The molecular weight excluding hydrogens is 335 g/mol. The number of carboxylic acids is 1. The summed E-state index contributed by atoms with van der Waals surface area (Å²) in [7, 11) is 0. The summed E-state index contributed by atoms with van der Waals surface area (Å²) in [6.07, 6.45) is 1.50. The first-order valence-corrected chi connectivity index (χ1v) is 8.31. The van der Waals surface area contributed by atoms with Crippen LogP contribution in [0.25, 0.3) is 10.6 Å². The zero-order valence-electron chi connectivity index (χ0n) is 13.0. The fraction of sp³-hybridized carbons (Fsp3) is 0.375. The highest BCUT2D eigenvalue weighted by Gasteiger charge is 2.21. The lowest BCUT2D eigenvalue weighted by Gasteiger charge is -2.23. The van der Waals surface area contributed by atoms with E-state index in [0.717, 1.165) is 11.4 Å². The lowest BCUT2D eigenvalue weighted by Crippen LogP contribution is -2.41. The number of morpholine rings is 1. The van der Waals surface area contributed by atoms with Gasteiger partial charge in [0, 0.05) is 24.2 Å². The van der Waals surface area contributed by atoms with E-state index >= 15 is 0 Å². The van der Waals surface area contributed by atoms with Gasteiger partial charge in [-0.15, -0.1) is 11.3 Å². The highest BCUT2D eigenvalue weighted by atomic mass is 32.1. The molecule has 1 unspecified atom stereocenters. The number of benzene rings is 1. The molecule has 0 radical (unpaired) electrons. The van der Waals surface area contributed by atoms with Crippen molar-refractivity contribution in [1.82, 2.24) is 10.3 Å². The van der Waals surface area contributed by atoms with Crippen molar-refractivity contribution in [3.05, 3.63) is 34.6 Å². The van der Waals surface area contributed by atoms with Gasteiger partial charge in [0.25, 0.3) is 0 Å². The first-order valence-electron chi connectivity index (χ1n) is 7.49. The third kappa shape index (κ3) is 3.72. The standard InChI is InChI=1S/C16H17FN2O4S/c1-9-6-19-15(24-9)12-4-10(5-13(14(12)17)16(20)21)23-8-11-7-18-2-3-22-11/h4-6,11,18H,2-3,7-8H2,1H3,(H,20,21). The van der Waals surface area contributed by atoms with Crippen LogP contribution in [-0.4, -0.2) is 48.5 Å². The molecule has 1 aromatic heterocycles. The number of hydrogen-bond donors (Lipinski definition) is 2. The van der Waals surface area contributed by atoms with Crippen molar-refractivity contribution in [2.75, 3.05) is 26.3 Å². The van der Waals surface area contributed by atoms with E-state index < -0.39 is 17.3 Å². The van der Waals surface area contributed by atoms with E-state index in [4.69, 9.17) is 9.47 Å². The second kappa shape index (κ2) is 7.25. The Labute approximate surface area is 142 Å². The molecule has 1 atom stereocenters. The molecule has 6 nitrogen and oxygen atoms in total. The van der Waals surface area contributed by atoms with Crippen molar-refractivity contribution in [2.24, 2.45) is 0 Å². The maximum Gasteiger partial charge on any atom is 0.338 e. The third-order valence-electron chi connectivity index (χ3n) is 3.57. The predicted octanol–water partition coefficient (Wildman–Crippen LogP) is 2.32. The topological polar surface area (TPSA) is 80.7 Å². The van der Waals surface area contributed by atoms with Gasteiger partial charge in [-0.2, -0.15) is 0 Å². The molecule has 1 aliphatic heterocycles. The molecule has 0 bridgehead atoms. The van der Waals surface area contributed by atoms with Crippen LogP contribution < -0.4 is 10.1 Å². The maximum atomic E-state index is 14.5. The SMILES string of the molecule is Cc1cnc(-c2cc(OCC3CNCCO3)cc(C(=O)O)c2F)s1. The van der Waals surface area contributed by atoms with Crippen LogP contribution >= 0.6 is 11.3 Å². The van der Waals surface area contributed by atoms with Crippen molar-refractivity contribution in [3.63, 3.8) is 0 Å². The molecule has 0 amide bonds. The first-order chi connectivity index (χ1) is 11.5. The molecule has 3 rings (SSSR count). The Hall–Kier alpha value is -2.03. The van der Waals surface area contributed by atoms with Crippen LogP contribution in [0, 0.1) is 12.7 Å². The number of ether oxygens (including phenoxy) is 2. The molecule has 1 saturated heterocycles. The number of nitrogens with one attached hydrogen (secondary N) is 1. The third-order valence-corrected chi connectivity index (χ3v) is 4.51. The Morgan fingerprint density at radius 3 is 3.04 bits per heavy atom. The Kier molecular flexibility index (Phi) is 5.08. The number of aromatic nitrogens is 1. The molecule has 2 N–H and O–H groups in total. The minimum absolute atomic E-state index is 0.123. The van der Waals surface area contributed by atoms with Crippen molar-refractivity contribution in [1.29, 1.82) is 0 Å². The van der Waals surface area contributed by atoms with E-state index in [1.807, 2.05) is 6.92 Å². The van der Waals surface area contributed by atoms with Gasteiger partial charge < -0.3 is 19.9 Å². The monoisotopic (exact) mass is 352 g/mol. The molecule has 24 heavy (non-hydrogen) atoms. The Morgan fingerprint density at radius 1 is 1.58 bits per heavy atom. The maximum absolute atomic E-state index is 14.5. The highest BCUT2D eigenvalue weighted by molar-refractivity contribution is 7.14. The summed E-state index contributed by atoms with van der Waals surface area (Å²) in [5.41, 5.74) is -0.302. The minimum Gasteiger partial charge on any atom is -0.491 e. The van der Waals surface area contributed by atoms with Crippen LogP contribution in [0.3, 0.4) is 0 Å². The number of carboxylic acid groups (broad SMARTS) is 1. The van der Waals surface area contributed by atoms with Gasteiger partial charge in [-0.1, -0.05) is 0 Å². The fourth-order valence-electron chi connectivity index (χ4n) is 2.39. The van der Waals surface area contributed by atoms with Crippen LogP contribution in [-0.2, 0) is 4.74 Å². The van der Waals surface area contributed by atoms with Crippen molar-refractivity contribution in [2.45, 2.75) is 13.0 Å². The van der Waals surface area contributed by atoms with Gasteiger partial charge in [0.05, 0.1) is 17.7 Å². The van der Waals surface area contributed by atoms with Gasteiger partial charge in [0.2, 0.25) is 0 Å². The second-order valence-electron chi connectivity index (χ2n) is 5.42. The molecule has 128 valence electrons. The number of nitrogens with zero attached hydrogens (tertiary/aromatic N) is 1. The molecule has 1 aliphatic rings. The van der Waals surface area contributed by atoms with E-state index in [1.165, 1.54) is 23.5 Å². The summed E-state index contributed by atoms with van der Waals surface area (Å²) in [5.74, 6) is -1.87. The molecular formula is C16H17FN2O4S.